The van der Waals surface area contributed by atoms with Gasteiger partial charge < -0.3 is 24.5 Å². The number of ether oxygens (including phenoxy) is 1. The first-order valence-electron chi connectivity index (χ1n) is 13.2. The van der Waals surface area contributed by atoms with Gasteiger partial charge in [0.05, 0.1) is 42.1 Å². The number of aliphatic hydroxyl groups is 1. The van der Waals surface area contributed by atoms with Crippen LogP contribution in [0.1, 0.15) is 39.0 Å². The summed E-state index contributed by atoms with van der Waals surface area (Å²) in [7, 11) is 0. The standard InChI is InChI=1S/C28H28F3N5O5/c1-14-20(27(39)35-12-21(37)15(35)2)11-36-25(14)22(6-7-32-36)41-18-4-5-19-23(8-18)40-16(3)24(19)26(38)33-17-9-34(10-17)13-28(29,30)31/h4-8,11,15,17,21,37H,9-10,12-13H2,1-3H3,(H,33,38)/t15-,21-/m1/s1. The summed E-state index contributed by atoms with van der Waals surface area (Å²) in [5, 5.41) is 17.5. The molecule has 0 radical (unpaired) electrons. The average molecular weight is 572 g/mol. The molecule has 2 saturated heterocycles. The largest absolute Gasteiger partial charge is 0.460 e. The molecule has 4 aromatic rings. The number of hydrogen-bond acceptors (Lipinski definition) is 7. The lowest BCUT2D eigenvalue weighted by Gasteiger charge is -2.43. The number of carbonyl (C=O) groups excluding carboxylic acids is 2. The van der Waals surface area contributed by atoms with Crippen molar-refractivity contribution in [2.75, 3.05) is 26.2 Å². The highest BCUT2D eigenvalue weighted by Crippen LogP contribution is 2.35. The zero-order valence-corrected chi connectivity index (χ0v) is 22.5. The van der Waals surface area contributed by atoms with E-state index in [0.717, 1.165) is 0 Å². The molecule has 5 heterocycles. The Bertz CT molecular complexity index is 1670. The van der Waals surface area contributed by atoms with Crippen molar-refractivity contribution in [2.45, 2.75) is 45.1 Å². The molecule has 0 saturated carbocycles. The van der Waals surface area contributed by atoms with Gasteiger partial charge in [0.2, 0.25) is 0 Å². The minimum atomic E-state index is -4.27. The molecule has 2 atom stereocenters. The van der Waals surface area contributed by atoms with Crippen molar-refractivity contribution < 1.29 is 37.0 Å². The van der Waals surface area contributed by atoms with E-state index in [-0.39, 0.29) is 37.6 Å². The number of nitrogens with one attached hydrogen (secondary N) is 1. The Labute approximate surface area is 232 Å². The van der Waals surface area contributed by atoms with Crippen LogP contribution in [0.4, 0.5) is 13.2 Å². The third-order valence-corrected chi connectivity index (χ3v) is 7.80. The maximum absolute atomic E-state index is 13.1. The molecule has 2 fully saturated rings. The summed E-state index contributed by atoms with van der Waals surface area (Å²) in [6.07, 6.45) is -1.61. The summed E-state index contributed by atoms with van der Waals surface area (Å²) in [4.78, 5) is 28.9. The Morgan fingerprint density at radius 3 is 2.63 bits per heavy atom. The molecule has 216 valence electrons. The molecular formula is C28H28F3N5O5. The van der Waals surface area contributed by atoms with Crippen molar-refractivity contribution in [1.82, 2.24) is 24.7 Å². The molecule has 1 aromatic carbocycles. The summed E-state index contributed by atoms with van der Waals surface area (Å²) in [5.41, 5.74) is 2.50. The van der Waals surface area contributed by atoms with Gasteiger partial charge >= 0.3 is 6.18 Å². The monoisotopic (exact) mass is 571 g/mol. The number of halogens is 3. The van der Waals surface area contributed by atoms with Crippen LogP contribution in [-0.2, 0) is 0 Å². The third-order valence-electron chi connectivity index (χ3n) is 7.80. The van der Waals surface area contributed by atoms with Crippen molar-refractivity contribution in [3.63, 3.8) is 0 Å². The van der Waals surface area contributed by atoms with Gasteiger partial charge in [0.1, 0.15) is 22.6 Å². The number of fused-ring (bicyclic) bond motifs is 2. The Balaban J connectivity index is 1.20. The van der Waals surface area contributed by atoms with E-state index in [1.165, 1.54) is 4.90 Å². The lowest BCUT2D eigenvalue weighted by atomic mass is 9.99. The van der Waals surface area contributed by atoms with Gasteiger partial charge in [-0.2, -0.15) is 18.3 Å². The summed E-state index contributed by atoms with van der Waals surface area (Å²) < 4.78 is 51.3. The predicted molar refractivity (Wildman–Crippen MR) is 141 cm³/mol. The van der Waals surface area contributed by atoms with Crippen molar-refractivity contribution >= 4 is 28.3 Å². The molecule has 41 heavy (non-hydrogen) atoms. The molecule has 2 aliphatic rings. The second-order valence-electron chi connectivity index (χ2n) is 10.7. The van der Waals surface area contributed by atoms with Crippen LogP contribution in [0.3, 0.4) is 0 Å². The molecule has 13 heteroatoms. The van der Waals surface area contributed by atoms with Crippen LogP contribution in [0.2, 0.25) is 0 Å². The molecule has 0 unspecified atom stereocenters. The van der Waals surface area contributed by atoms with Crippen molar-refractivity contribution in [2.24, 2.45) is 0 Å². The van der Waals surface area contributed by atoms with Gasteiger partial charge in [0.25, 0.3) is 11.8 Å². The number of β-amino-alcohol motifs (C(OH)–C–C–N with tert-alkyl or cyclic N) is 1. The van der Waals surface area contributed by atoms with Crippen LogP contribution < -0.4 is 10.1 Å². The number of alkyl halides is 3. The van der Waals surface area contributed by atoms with Crippen LogP contribution in [-0.4, -0.2) is 86.9 Å². The predicted octanol–water partition coefficient (Wildman–Crippen LogP) is 3.67. The number of aliphatic hydroxyl groups excluding tert-OH is 1. The summed E-state index contributed by atoms with van der Waals surface area (Å²) in [6, 6.07) is 6.08. The fraction of sp³-hybridized carbons (Fsp3) is 0.393. The summed E-state index contributed by atoms with van der Waals surface area (Å²) >= 11 is 0. The van der Waals surface area contributed by atoms with Gasteiger partial charge in [-0.25, -0.2) is 4.52 Å². The molecule has 3 aromatic heterocycles. The van der Waals surface area contributed by atoms with Crippen LogP contribution in [0, 0.1) is 13.8 Å². The smallest absolute Gasteiger partial charge is 0.401 e. The minimum Gasteiger partial charge on any atom is -0.460 e. The molecule has 2 amide bonds. The number of amides is 2. The first-order valence-corrected chi connectivity index (χ1v) is 13.2. The molecule has 2 N–H and O–H groups in total. The fourth-order valence-electron chi connectivity index (χ4n) is 5.51. The van der Waals surface area contributed by atoms with E-state index in [9.17, 15) is 27.9 Å². The highest BCUT2D eigenvalue weighted by atomic mass is 19.4. The summed E-state index contributed by atoms with van der Waals surface area (Å²) in [5.74, 6) is 0.670. The van der Waals surface area contributed by atoms with E-state index < -0.39 is 24.7 Å². The molecular weight excluding hydrogens is 543 g/mol. The van der Waals surface area contributed by atoms with Crippen molar-refractivity contribution in [3.05, 3.63) is 59.1 Å². The quantitative estimate of drug-likeness (QED) is 0.363. The first kappa shape index (κ1) is 27.1. The molecule has 2 aliphatic heterocycles. The normalized spacial score (nSPS) is 19.8. The first-order chi connectivity index (χ1) is 19.4. The molecule has 0 bridgehead atoms. The number of rotatable bonds is 6. The second-order valence-corrected chi connectivity index (χ2v) is 10.7. The number of hydrogen-bond donors (Lipinski definition) is 2. The van der Waals surface area contributed by atoms with Gasteiger partial charge in [-0.05, 0) is 38.5 Å². The van der Waals surface area contributed by atoms with E-state index >= 15 is 0 Å². The Hall–Kier alpha value is -4.10. The van der Waals surface area contributed by atoms with E-state index in [1.54, 1.807) is 59.9 Å². The lowest BCUT2D eigenvalue weighted by molar-refractivity contribution is -0.155. The molecule has 0 spiro atoms. The third kappa shape index (κ3) is 4.88. The van der Waals surface area contributed by atoms with Gasteiger partial charge in [-0.3, -0.25) is 14.5 Å². The number of benzene rings is 1. The second kappa shape index (κ2) is 9.77. The van der Waals surface area contributed by atoms with Gasteiger partial charge in [-0.15, -0.1) is 0 Å². The lowest BCUT2D eigenvalue weighted by Crippen LogP contribution is -2.60. The van der Waals surface area contributed by atoms with Gasteiger partial charge in [0, 0.05) is 43.4 Å². The highest BCUT2D eigenvalue weighted by Gasteiger charge is 2.39. The number of aromatic nitrogens is 2. The number of nitrogens with zero attached hydrogens (tertiary/aromatic N) is 4. The number of aryl methyl sites for hydroxylation is 2. The molecule has 10 nitrogen and oxygen atoms in total. The number of furan rings is 1. The topological polar surface area (TPSA) is 113 Å². The number of carbonyl (C=O) groups is 2. The van der Waals surface area contributed by atoms with Crippen LogP contribution >= 0.6 is 0 Å². The SMILES string of the molecule is Cc1oc2cc(Oc3ccnn4cc(C(=O)N5C[C@@H](O)[C@H]5C)c(C)c34)ccc2c1C(=O)NC1CN(CC(F)(F)F)C1. The Kier molecular flexibility index (Phi) is 6.46. The zero-order valence-electron chi connectivity index (χ0n) is 22.5. The summed E-state index contributed by atoms with van der Waals surface area (Å²) in [6.45, 7) is 4.80. The Morgan fingerprint density at radius 2 is 1.95 bits per heavy atom. The Morgan fingerprint density at radius 1 is 1.20 bits per heavy atom. The fourth-order valence-corrected chi connectivity index (χ4v) is 5.51. The van der Waals surface area contributed by atoms with Crippen LogP contribution in [0.25, 0.3) is 16.5 Å². The van der Waals surface area contributed by atoms with E-state index in [0.29, 0.717) is 50.4 Å². The zero-order chi connectivity index (χ0) is 29.2. The number of likely N-dealkylation sites (tertiary alicyclic amines) is 2. The van der Waals surface area contributed by atoms with E-state index in [4.69, 9.17) is 9.15 Å². The molecule has 0 aliphatic carbocycles. The van der Waals surface area contributed by atoms with Crippen LogP contribution in [0.5, 0.6) is 11.5 Å². The van der Waals surface area contributed by atoms with Gasteiger partial charge in [-0.1, -0.05) is 0 Å². The van der Waals surface area contributed by atoms with E-state index in [1.807, 2.05) is 6.92 Å². The van der Waals surface area contributed by atoms with Gasteiger partial charge in [0.15, 0.2) is 5.75 Å². The molecule has 6 rings (SSSR count). The van der Waals surface area contributed by atoms with E-state index in [2.05, 4.69) is 10.4 Å². The average Bonchev–Trinajstić information content (AvgIpc) is 3.40. The van der Waals surface area contributed by atoms with Crippen LogP contribution in [0.15, 0.2) is 41.1 Å². The maximum atomic E-state index is 13.1. The van der Waals surface area contributed by atoms with Crippen molar-refractivity contribution in [1.29, 1.82) is 0 Å². The highest BCUT2D eigenvalue weighted by molar-refractivity contribution is 6.07. The van der Waals surface area contributed by atoms with Crippen molar-refractivity contribution in [3.8, 4) is 11.5 Å². The minimum absolute atomic E-state index is 0.129. The maximum Gasteiger partial charge on any atom is 0.401 e.